The number of carbonyl (C=O) groups is 1. The maximum absolute atomic E-state index is 12.8. The Balaban J connectivity index is 1.92. The van der Waals surface area contributed by atoms with E-state index in [0.717, 1.165) is 11.1 Å². The molecule has 0 aromatic heterocycles. The lowest BCUT2D eigenvalue weighted by Crippen LogP contribution is -2.42. The molecule has 0 aliphatic heterocycles. The van der Waals surface area contributed by atoms with Crippen molar-refractivity contribution >= 4 is 5.91 Å². The number of allylic oxidation sites excluding steroid dienone is 5. The van der Waals surface area contributed by atoms with Crippen LogP contribution in [0.3, 0.4) is 0 Å². The van der Waals surface area contributed by atoms with Crippen LogP contribution in [0.4, 0.5) is 8.78 Å². The highest BCUT2D eigenvalue weighted by molar-refractivity contribution is 5.94. The van der Waals surface area contributed by atoms with Crippen molar-refractivity contribution in [2.24, 2.45) is 5.92 Å². The molecule has 1 fully saturated rings. The van der Waals surface area contributed by atoms with E-state index >= 15 is 0 Å². The van der Waals surface area contributed by atoms with Gasteiger partial charge in [0.05, 0.1) is 0 Å². The van der Waals surface area contributed by atoms with Crippen molar-refractivity contribution in [3.05, 3.63) is 71.8 Å². The highest BCUT2D eigenvalue weighted by Crippen LogP contribution is 2.41. The standard InChI is InChI=1S/C21H21F2NO/c1-3-5-16(6-4-2)7-8-17-9-11-19(12-10-17)20(25)24-15-18-13-21(22,23)14-18/h3-6,9-12,18H,1,13-15H2,2H3,(H,24,25)/b6-4-,16-5+. The minimum Gasteiger partial charge on any atom is -0.352 e. The number of nitrogens with one attached hydrogen (secondary N) is 1. The predicted octanol–water partition coefficient (Wildman–Crippen LogP) is 4.50. The summed E-state index contributed by atoms with van der Waals surface area (Å²) < 4.78 is 25.5. The summed E-state index contributed by atoms with van der Waals surface area (Å²) in [5.41, 5.74) is 2.12. The summed E-state index contributed by atoms with van der Waals surface area (Å²) in [5, 5.41) is 2.70. The van der Waals surface area contributed by atoms with Crippen LogP contribution in [0.5, 0.6) is 0 Å². The average Bonchev–Trinajstić information content (AvgIpc) is 2.56. The zero-order valence-electron chi connectivity index (χ0n) is 14.2. The summed E-state index contributed by atoms with van der Waals surface area (Å²) in [6.07, 6.45) is 6.99. The fourth-order valence-corrected chi connectivity index (χ4v) is 2.56. The highest BCUT2D eigenvalue weighted by atomic mass is 19.3. The molecule has 25 heavy (non-hydrogen) atoms. The Kier molecular flexibility index (Phi) is 6.30. The fourth-order valence-electron chi connectivity index (χ4n) is 2.56. The number of rotatable bonds is 5. The van der Waals surface area contributed by atoms with E-state index in [2.05, 4.69) is 23.7 Å². The van der Waals surface area contributed by atoms with E-state index in [1.165, 1.54) is 0 Å². The van der Waals surface area contributed by atoms with Gasteiger partial charge in [0.1, 0.15) is 0 Å². The van der Waals surface area contributed by atoms with Crippen molar-refractivity contribution in [2.75, 3.05) is 6.54 Å². The monoisotopic (exact) mass is 341 g/mol. The summed E-state index contributed by atoms with van der Waals surface area (Å²) in [6, 6.07) is 6.89. The lowest BCUT2D eigenvalue weighted by atomic mass is 9.81. The minimum absolute atomic E-state index is 0.134. The first kappa shape index (κ1) is 18.7. The Morgan fingerprint density at radius 1 is 1.36 bits per heavy atom. The van der Waals surface area contributed by atoms with Crippen LogP contribution < -0.4 is 5.32 Å². The van der Waals surface area contributed by atoms with Crippen LogP contribution in [-0.2, 0) is 0 Å². The van der Waals surface area contributed by atoms with Crippen LogP contribution >= 0.6 is 0 Å². The van der Waals surface area contributed by atoms with Crippen LogP contribution in [0, 0.1) is 17.8 Å². The Morgan fingerprint density at radius 2 is 2.04 bits per heavy atom. The minimum atomic E-state index is -2.55. The SMILES string of the molecule is C=C/C=C(C#Cc1ccc(C(=O)NCC2CC(F)(F)C2)cc1)\C=C/C. The molecular weight excluding hydrogens is 320 g/mol. The van der Waals surface area contributed by atoms with Gasteiger partial charge in [0, 0.05) is 36.1 Å². The zero-order chi connectivity index (χ0) is 18.3. The molecule has 0 heterocycles. The van der Waals surface area contributed by atoms with Crippen LogP contribution in [0.15, 0.2) is 60.7 Å². The van der Waals surface area contributed by atoms with Gasteiger partial charge in [-0.05, 0) is 43.2 Å². The first-order valence-electron chi connectivity index (χ1n) is 8.17. The lowest BCUT2D eigenvalue weighted by Gasteiger charge is -2.34. The molecule has 130 valence electrons. The molecule has 0 radical (unpaired) electrons. The highest BCUT2D eigenvalue weighted by Gasteiger charge is 2.44. The molecule has 1 aliphatic carbocycles. The van der Waals surface area contributed by atoms with Crippen LogP contribution in [0.25, 0.3) is 0 Å². The van der Waals surface area contributed by atoms with Gasteiger partial charge in [-0.3, -0.25) is 4.79 Å². The second-order valence-corrected chi connectivity index (χ2v) is 6.03. The number of hydrogen-bond acceptors (Lipinski definition) is 1. The molecule has 1 amide bonds. The van der Waals surface area contributed by atoms with E-state index in [-0.39, 0.29) is 31.2 Å². The average molecular weight is 341 g/mol. The summed E-state index contributed by atoms with van der Waals surface area (Å²) in [5.74, 6) is 3.12. The van der Waals surface area contributed by atoms with Crippen molar-refractivity contribution in [1.82, 2.24) is 5.32 Å². The predicted molar refractivity (Wildman–Crippen MR) is 96.4 cm³/mol. The smallest absolute Gasteiger partial charge is 0.251 e. The van der Waals surface area contributed by atoms with Crippen LogP contribution in [-0.4, -0.2) is 18.4 Å². The fraction of sp³-hybridized carbons (Fsp3) is 0.286. The third-order valence-electron chi connectivity index (χ3n) is 3.87. The summed E-state index contributed by atoms with van der Waals surface area (Å²) in [7, 11) is 0. The quantitative estimate of drug-likeness (QED) is 0.620. The van der Waals surface area contributed by atoms with Gasteiger partial charge < -0.3 is 5.32 Å². The van der Waals surface area contributed by atoms with E-state index in [4.69, 9.17) is 0 Å². The molecule has 1 saturated carbocycles. The van der Waals surface area contributed by atoms with Gasteiger partial charge in [0.2, 0.25) is 5.92 Å². The Bertz CT molecular complexity index is 740. The molecule has 0 atom stereocenters. The number of benzene rings is 1. The first-order valence-corrected chi connectivity index (χ1v) is 8.17. The van der Waals surface area contributed by atoms with E-state index in [1.54, 1.807) is 30.3 Å². The molecule has 0 bridgehead atoms. The second kappa shape index (κ2) is 8.43. The summed E-state index contributed by atoms with van der Waals surface area (Å²) >= 11 is 0. The number of amides is 1. The summed E-state index contributed by atoms with van der Waals surface area (Å²) in [4.78, 5) is 12.0. The lowest BCUT2D eigenvalue weighted by molar-refractivity contribution is -0.108. The van der Waals surface area contributed by atoms with Crippen LogP contribution in [0.2, 0.25) is 0 Å². The van der Waals surface area contributed by atoms with Crippen molar-refractivity contribution in [1.29, 1.82) is 0 Å². The van der Waals surface area contributed by atoms with E-state index in [0.29, 0.717) is 5.56 Å². The van der Waals surface area contributed by atoms with Gasteiger partial charge >= 0.3 is 0 Å². The molecule has 2 rings (SSSR count). The topological polar surface area (TPSA) is 29.1 Å². The molecule has 2 nitrogen and oxygen atoms in total. The first-order chi connectivity index (χ1) is 11.9. The summed E-state index contributed by atoms with van der Waals surface area (Å²) in [6.45, 7) is 5.85. The normalized spacial score (nSPS) is 16.7. The molecule has 1 aromatic carbocycles. The van der Waals surface area contributed by atoms with Gasteiger partial charge in [0.15, 0.2) is 0 Å². The van der Waals surface area contributed by atoms with E-state index in [1.807, 2.05) is 25.2 Å². The van der Waals surface area contributed by atoms with Gasteiger partial charge in [0.25, 0.3) is 5.91 Å². The third-order valence-corrected chi connectivity index (χ3v) is 3.87. The maximum Gasteiger partial charge on any atom is 0.251 e. The zero-order valence-corrected chi connectivity index (χ0v) is 14.2. The van der Waals surface area contributed by atoms with E-state index < -0.39 is 5.92 Å². The Labute approximate surface area is 147 Å². The van der Waals surface area contributed by atoms with Crippen molar-refractivity contribution in [3.63, 3.8) is 0 Å². The molecule has 0 saturated heterocycles. The largest absolute Gasteiger partial charge is 0.352 e. The second-order valence-electron chi connectivity index (χ2n) is 6.03. The third kappa shape index (κ3) is 5.72. The maximum atomic E-state index is 12.8. The number of halogens is 2. The molecule has 0 spiro atoms. The van der Waals surface area contributed by atoms with Gasteiger partial charge in [-0.2, -0.15) is 0 Å². The van der Waals surface area contributed by atoms with Gasteiger partial charge in [-0.1, -0.05) is 36.6 Å². The van der Waals surface area contributed by atoms with E-state index in [9.17, 15) is 13.6 Å². The molecule has 0 unspecified atom stereocenters. The Morgan fingerprint density at radius 3 is 2.60 bits per heavy atom. The molecular formula is C21H21F2NO. The molecule has 1 aliphatic rings. The molecule has 1 N–H and O–H groups in total. The number of carbonyl (C=O) groups excluding carboxylic acids is 1. The van der Waals surface area contributed by atoms with Crippen LogP contribution in [0.1, 0.15) is 35.7 Å². The van der Waals surface area contributed by atoms with Crippen molar-refractivity contribution < 1.29 is 13.6 Å². The van der Waals surface area contributed by atoms with Crippen molar-refractivity contribution in [3.8, 4) is 11.8 Å². The number of alkyl halides is 2. The Hall–Kier alpha value is -2.67. The van der Waals surface area contributed by atoms with Gasteiger partial charge in [-0.25, -0.2) is 8.78 Å². The number of hydrogen-bond donors (Lipinski definition) is 1. The molecule has 1 aromatic rings. The van der Waals surface area contributed by atoms with Crippen molar-refractivity contribution in [2.45, 2.75) is 25.7 Å². The van der Waals surface area contributed by atoms with Gasteiger partial charge in [-0.15, -0.1) is 0 Å². The molecule has 4 heteroatoms.